The summed E-state index contributed by atoms with van der Waals surface area (Å²) in [5, 5.41) is 7.75. The zero-order valence-electron chi connectivity index (χ0n) is 21.1. The largest absolute Gasteiger partial charge is 0.361 e. The fraction of sp³-hybridized carbons (Fsp3) is 0.207. The number of benzene rings is 2. The molecule has 0 bridgehead atoms. The highest BCUT2D eigenvalue weighted by atomic mass is 35.5. The molecule has 1 unspecified atom stereocenters. The summed E-state index contributed by atoms with van der Waals surface area (Å²) in [7, 11) is 0. The van der Waals surface area contributed by atoms with Crippen molar-refractivity contribution in [3.8, 4) is 5.69 Å². The fourth-order valence-electron chi connectivity index (χ4n) is 5.04. The lowest BCUT2D eigenvalue weighted by atomic mass is 9.85. The molecule has 3 aromatic heterocycles. The van der Waals surface area contributed by atoms with Crippen molar-refractivity contribution in [2.45, 2.75) is 32.2 Å². The number of pyridine rings is 2. The number of carbonyl (C=O) groups is 1. The molecule has 39 heavy (non-hydrogen) atoms. The third-order valence-corrected chi connectivity index (χ3v) is 7.64. The predicted molar refractivity (Wildman–Crippen MR) is 153 cm³/mol. The lowest BCUT2D eigenvalue weighted by Crippen LogP contribution is -2.30. The molecule has 3 N–H and O–H groups in total. The number of rotatable bonds is 6. The Labute approximate surface area is 227 Å². The second-order valence-corrected chi connectivity index (χ2v) is 10.1. The maximum Gasteiger partial charge on any atom is 0.265 e. The van der Waals surface area contributed by atoms with Crippen LogP contribution in [0.4, 0.5) is 11.5 Å². The molecule has 0 saturated heterocycles. The number of aromatic nitrogens is 4. The molecule has 1 aliphatic rings. The zero-order chi connectivity index (χ0) is 27.1. The third-order valence-electron chi connectivity index (χ3n) is 7.24. The van der Waals surface area contributed by atoms with Crippen LogP contribution in [0.5, 0.6) is 0 Å². The molecule has 0 spiro atoms. The van der Waals surface area contributed by atoms with Crippen molar-refractivity contribution < 1.29 is 4.79 Å². The Hall–Kier alpha value is -4.50. The van der Waals surface area contributed by atoms with Crippen LogP contribution in [0, 0.1) is 5.92 Å². The van der Waals surface area contributed by atoms with Gasteiger partial charge >= 0.3 is 0 Å². The highest BCUT2D eigenvalue weighted by Crippen LogP contribution is 2.36. The molecule has 9 nitrogen and oxygen atoms in total. The van der Waals surface area contributed by atoms with Gasteiger partial charge in [-0.2, -0.15) is 0 Å². The van der Waals surface area contributed by atoms with Crippen LogP contribution in [0.1, 0.15) is 37.9 Å². The van der Waals surface area contributed by atoms with Crippen LogP contribution in [-0.2, 0) is 4.79 Å². The first-order valence-electron chi connectivity index (χ1n) is 12.8. The Balaban J connectivity index is 1.54. The molecule has 3 heterocycles. The number of fused-ring (bicyclic) bond motifs is 2. The summed E-state index contributed by atoms with van der Waals surface area (Å²) in [6.07, 6.45) is 5.61. The predicted octanol–water partition coefficient (Wildman–Crippen LogP) is 5.19. The Morgan fingerprint density at radius 3 is 2.59 bits per heavy atom. The summed E-state index contributed by atoms with van der Waals surface area (Å²) in [5.41, 5.74) is 1.36. The van der Waals surface area contributed by atoms with Gasteiger partial charge in [0, 0.05) is 29.3 Å². The monoisotopic (exact) mass is 540 g/mol. The van der Waals surface area contributed by atoms with E-state index in [1.54, 1.807) is 22.8 Å². The minimum atomic E-state index is -0.555. The standard InChI is InChI=1S/C29H25ClN6O3/c1-16(34-27-23-21(37)13-14-31-26(23)32-15-33-27)25-24(30)19-11-6-12-20(35-28(38)17-7-5-8-17)22(19)29(39)36(25)18-9-3-2-4-10-18/h2-4,6,9-17H,5,7-8H2,1H3,(H,35,38)(H2,31,32,33,34,37). The summed E-state index contributed by atoms with van der Waals surface area (Å²) in [5.74, 6) is 0.191. The first-order valence-corrected chi connectivity index (χ1v) is 13.1. The van der Waals surface area contributed by atoms with Gasteiger partial charge in [-0.1, -0.05) is 48.4 Å². The molecule has 196 valence electrons. The number of amides is 1. The van der Waals surface area contributed by atoms with Crippen molar-refractivity contribution in [3.05, 3.63) is 98.4 Å². The van der Waals surface area contributed by atoms with E-state index in [9.17, 15) is 14.4 Å². The van der Waals surface area contributed by atoms with Crippen LogP contribution in [0.2, 0.25) is 5.02 Å². The first kappa shape index (κ1) is 24.8. The van der Waals surface area contributed by atoms with Crippen molar-refractivity contribution in [1.82, 2.24) is 19.5 Å². The van der Waals surface area contributed by atoms with Crippen molar-refractivity contribution in [2.75, 3.05) is 10.6 Å². The number of H-pyrrole nitrogens is 1. The smallest absolute Gasteiger partial charge is 0.265 e. The lowest BCUT2D eigenvalue weighted by Gasteiger charge is -2.25. The summed E-state index contributed by atoms with van der Waals surface area (Å²) >= 11 is 7.08. The normalized spacial score (nSPS) is 14.2. The van der Waals surface area contributed by atoms with E-state index in [0.717, 1.165) is 19.3 Å². The molecular formula is C29H25ClN6O3. The average Bonchev–Trinajstić information content (AvgIpc) is 2.90. The molecule has 1 atom stereocenters. The fourth-order valence-corrected chi connectivity index (χ4v) is 5.45. The molecule has 10 heteroatoms. The number of hydrogen-bond donors (Lipinski definition) is 3. The molecule has 2 aromatic carbocycles. The number of hydrogen-bond acceptors (Lipinski definition) is 6. The molecule has 5 aromatic rings. The minimum Gasteiger partial charge on any atom is -0.361 e. The minimum absolute atomic E-state index is 0.0404. The topological polar surface area (TPSA) is 122 Å². The van der Waals surface area contributed by atoms with Gasteiger partial charge in [-0.15, -0.1) is 0 Å². The van der Waals surface area contributed by atoms with Crippen LogP contribution < -0.4 is 21.6 Å². The van der Waals surface area contributed by atoms with Crippen LogP contribution in [0.15, 0.2) is 76.7 Å². The van der Waals surface area contributed by atoms with E-state index < -0.39 is 6.04 Å². The van der Waals surface area contributed by atoms with Gasteiger partial charge in [0.2, 0.25) is 5.91 Å². The second-order valence-electron chi connectivity index (χ2n) is 9.67. The molecular weight excluding hydrogens is 516 g/mol. The number of para-hydroxylation sites is 1. The van der Waals surface area contributed by atoms with E-state index in [2.05, 4.69) is 25.6 Å². The van der Waals surface area contributed by atoms with Crippen molar-refractivity contribution in [3.63, 3.8) is 0 Å². The van der Waals surface area contributed by atoms with E-state index in [-0.39, 0.29) is 22.8 Å². The van der Waals surface area contributed by atoms with Crippen molar-refractivity contribution >= 4 is 50.8 Å². The van der Waals surface area contributed by atoms with Crippen molar-refractivity contribution in [1.29, 1.82) is 0 Å². The van der Waals surface area contributed by atoms with Gasteiger partial charge in [0.25, 0.3) is 5.56 Å². The number of carbonyl (C=O) groups excluding carboxylic acids is 1. The Kier molecular flexibility index (Phi) is 6.36. The van der Waals surface area contributed by atoms with E-state index in [4.69, 9.17) is 11.6 Å². The van der Waals surface area contributed by atoms with Crippen LogP contribution in [-0.4, -0.2) is 25.4 Å². The molecule has 0 radical (unpaired) electrons. The molecule has 1 amide bonds. The Morgan fingerprint density at radius 2 is 1.85 bits per heavy atom. The van der Waals surface area contributed by atoms with Crippen LogP contribution in [0.3, 0.4) is 0 Å². The number of halogens is 1. The molecule has 1 saturated carbocycles. The Morgan fingerprint density at radius 1 is 1.05 bits per heavy atom. The summed E-state index contributed by atoms with van der Waals surface area (Å²) in [6.45, 7) is 1.85. The third kappa shape index (κ3) is 4.34. The second kappa shape index (κ2) is 9.99. The van der Waals surface area contributed by atoms with Gasteiger partial charge in [-0.05, 0) is 38.0 Å². The SMILES string of the molecule is CC(Nc1ncnc2[nH]ccc(=O)c12)c1c(Cl)c2cccc(NC(=O)C3CCC3)c2c(=O)n1-c1ccccc1. The zero-order valence-corrected chi connectivity index (χ0v) is 21.8. The number of aromatic amines is 1. The van der Waals surface area contributed by atoms with Gasteiger partial charge in [0.15, 0.2) is 5.43 Å². The maximum absolute atomic E-state index is 14.2. The van der Waals surface area contributed by atoms with Gasteiger partial charge in [-0.3, -0.25) is 19.0 Å². The highest BCUT2D eigenvalue weighted by Gasteiger charge is 2.28. The Bertz CT molecular complexity index is 1840. The number of anilines is 2. The lowest BCUT2D eigenvalue weighted by molar-refractivity contribution is -0.122. The first-order chi connectivity index (χ1) is 18.9. The number of nitrogens with zero attached hydrogens (tertiary/aromatic N) is 3. The molecule has 1 fully saturated rings. The summed E-state index contributed by atoms with van der Waals surface area (Å²) < 4.78 is 1.55. The van der Waals surface area contributed by atoms with E-state index in [1.165, 1.54) is 18.6 Å². The molecule has 6 rings (SSSR count). The van der Waals surface area contributed by atoms with E-state index >= 15 is 0 Å². The van der Waals surface area contributed by atoms with Gasteiger partial charge in [-0.25, -0.2) is 9.97 Å². The molecule has 1 aliphatic carbocycles. The van der Waals surface area contributed by atoms with Crippen LogP contribution in [0.25, 0.3) is 27.5 Å². The summed E-state index contributed by atoms with van der Waals surface area (Å²) in [4.78, 5) is 51.1. The van der Waals surface area contributed by atoms with Gasteiger partial charge in [0.05, 0.1) is 27.8 Å². The molecule has 0 aliphatic heterocycles. The van der Waals surface area contributed by atoms with Crippen molar-refractivity contribution in [2.24, 2.45) is 5.92 Å². The number of nitrogens with one attached hydrogen (secondary N) is 3. The van der Waals surface area contributed by atoms with Gasteiger partial charge < -0.3 is 15.6 Å². The van der Waals surface area contributed by atoms with Gasteiger partial charge in [0.1, 0.15) is 23.2 Å². The van der Waals surface area contributed by atoms with E-state index in [1.807, 2.05) is 37.3 Å². The average molecular weight is 541 g/mol. The summed E-state index contributed by atoms with van der Waals surface area (Å²) in [6, 6.07) is 15.3. The van der Waals surface area contributed by atoms with Crippen LogP contribution >= 0.6 is 11.6 Å². The quantitative estimate of drug-likeness (QED) is 0.272. The van der Waals surface area contributed by atoms with E-state index in [0.29, 0.717) is 49.7 Å². The maximum atomic E-state index is 14.2. The highest BCUT2D eigenvalue weighted by molar-refractivity contribution is 6.36.